The van der Waals surface area contributed by atoms with Crippen LogP contribution in [0.25, 0.3) is 0 Å². The molecule has 0 amide bonds. The first-order chi connectivity index (χ1) is 14.0. The highest BCUT2D eigenvalue weighted by atomic mass is 16.5. The maximum absolute atomic E-state index is 5.63. The number of rotatable bonds is 6. The number of aryl methyl sites for hydroxylation is 1. The summed E-state index contributed by atoms with van der Waals surface area (Å²) in [6.07, 6.45) is 2.12. The van der Waals surface area contributed by atoms with Crippen molar-refractivity contribution in [3.8, 4) is 0 Å². The van der Waals surface area contributed by atoms with Gasteiger partial charge in [-0.15, -0.1) is 0 Å². The van der Waals surface area contributed by atoms with Gasteiger partial charge in [0.15, 0.2) is 5.96 Å². The number of guanidine groups is 1. The summed E-state index contributed by atoms with van der Waals surface area (Å²) in [6.45, 7) is 10.5. The number of anilines is 1. The number of benzene rings is 1. The molecule has 0 spiro atoms. The van der Waals surface area contributed by atoms with Crippen molar-refractivity contribution in [2.24, 2.45) is 4.99 Å². The molecule has 1 saturated heterocycles. The molecule has 156 valence electrons. The van der Waals surface area contributed by atoms with Crippen LogP contribution in [0.2, 0.25) is 0 Å². The van der Waals surface area contributed by atoms with E-state index in [1.807, 2.05) is 12.3 Å². The van der Waals surface area contributed by atoms with Crippen molar-refractivity contribution in [1.82, 2.24) is 15.6 Å². The first-order valence-corrected chi connectivity index (χ1v) is 10.4. The molecular weight excluding hydrogens is 362 g/mol. The SMILES string of the molecule is CN=C(NCc1ccnc(N2CCOC(C)C2)c1)NCC(C)c1ccc(C)cc1. The van der Waals surface area contributed by atoms with Crippen molar-refractivity contribution in [3.63, 3.8) is 0 Å². The molecule has 0 bridgehead atoms. The van der Waals surface area contributed by atoms with Gasteiger partial charge in [-0.05, 0) is 43.0 Å². The summed E-state index contributed by atoms with van der Waals surface area (Å²) in [5, 5.41) is 6.84. The van der Waals surface area contributed by atoms with Gasteiger partial charge in [0, 0.05) is 39.4 Å². The van der Waals surface area contributed by atoms with E-state index < -0.39 is 0 Å². The number of morpholine rings is 1. The molecule has 1 aromatic heterocycles. The third-order valence-corrected chi connectivity index (χ3v) is 5.28. The lowest BCUT2D eigenvalue weighted by Gasteiger charge is -2.32. The van der Waals surface area contributed by atoms with Crippen LogP contribution in [-0.2, 0) is 11.3 Å². The maximum Gasteiger partial charge on any atom is 0.191 e. The molecule has 1 aliphatic heterocycles. The average Bonchev–Trinajstić information content (AvgIpc) is 2.74. The van der Waals surface area contributed by atoms with Gasteiger partial charge in [0.2, 0.25) is 0 Å². The lowest BCUT2D eigenvalue weighted by molar-refractivity contribution is 0.0529. The molecule has 0 radical (unpaired) electrons. The number of hydrogen-bond acceptors (Lipinski definition) is 4. The van der Waals surface area contributed by atoms with E-state index in [0.29, 0.717) is 12.5 Å². The van der Waals surface area contributed by atoms with Crippen molar-refractivity contribution in [2.75, 3.05) is 38.2 Å². The van der Waals surface area contributed by atoms with Crippen LogP contribution in [0, 0.1) is 6.92 Å². The first kappa shape index (κ1) is 21.1. The van der Waals surface area contributed by atoms with E-state index >= 15 is 0 Å². The molecule has 1 aromatic carbocycles. The van der Waals surface area contributed by atoms with Crippen molar-refractivity contribution in [2.45, 2.75) is 39.3 Å². The van der Waals surface area contributed by atoms with Crippen molar-refractivity contribution < 1.29 is 4.74 Å². The normalized spacial score (nSPS) is 18.4. The van der Waals surface area contributed by atoms with E-state index in [-0.39, 0.29) is 6.10 Å². The summed E-state index contributed by atoms with van der Waals surface area (Å²) in [6, 6.07) is 12.9. The number of ether oxygens (including phenoxy) is 1. The second-order valence-corrected chi connectivity index (χ2v) is 7.77. The van der Waals surface area contributed by atoms with Crippen LogP contribution in [-0.4, -0.2) is 50.3 Å². The lowest BCUT2D eigenvalue weighted by Crippen LogP contribution is -2.41. The van der Waals surface area contributed by atoms with E-state index in [0.717, 1.165) is 38.0 Å². The van der Waals surface area contributed by atoms with E-state index in [1.54, 1.807) is 7.05 Å². The standard InChI is InChI=1S/C23H33N5O/c1-17-5-7-21(8-6-17)18(2)14-26-23(24-4)27-15-20-9-10-25-22(13-20)28-11-12-29-19(3)16-28/h5-10,13,18-19H,11-12,14-16H2,1-4H3,(H2,24,26,27). The predicted octanol–water partition coefficient (Wildman–Crippen LogP) is 3.08. The molecule has 1 aliphatic rings. The van der Waals surface area contributed by atoms with Gasteiger partial charge in [-0.1, -0.05) is 36.8 Å². The maximum atomic E-state index is 5.63. The van der Waals surface area contributed by atoms with Gasteiger partial charge in [-0.3, -0.25) is 4.99 Å². The summed E-state index contributed by atoms with van der Waals surface area (Å²) in [4.78, 5) is 11.2. The second kappa shape index (κ2) is 10.3. The Labute approximate surface area is 174 Å². The van der Waals surface area contributed by atoms with Gasteiger partial charge < -0.3 is 20.3 Å². The van der Waals surface area contributed by atoms with Crippen molar-refractivity contribution in [1.29, 1.82) is 0 Å². The highest BCUT2D eigenvalue weighted by Crippen LogP contribution is 2.17. The van der Waals surface area contributed by atoms with E-state index in [1.165, 1.54) is 16.7 Å². The molecule has 2 unspecified atom stereocenters. The number of nitrogens with zero attached hydrogens (tertiary/aromatic N) is 3. The minimum absolute atomic E-state index is 0.242. The average molecular weight is 396 g/mol. The van der Waals surface area contributed by atoms with Crippen LogP contribution < -0.4 is 15.5 Å². The third kappa shape index (κ3) is 6.19. The molecule has 2 heterocycles. The molecule has 0 aliphatic carbocycles. The summed E-state index contributed by atoms with van der Waals surface area (Å²) in [5.74, 6) is 2.22. The van der Waals surface area contributed by atoms with Crippen LogP contribution in [0.5, 0.6) is 0 Å². The van der Waals surface area contributed by atoms with Gasteiger partial charge in [0.05, 0.1) is 12.7 Å². The van der Waals surface area contributed by atoms with E-state index in [4.69, 9.17) is 4.74 Å². The van der Waals surface area contributed by atoms with Gasteiger partial charge in [-0.2, -0.15) is 0 Å². The molecule has 6 nitrogen and oxygen atoms in total. The minimum Gasteiger partial charge on any atom is -0.375 e. The Hall–Kier alpha value is -2.60. The molecule has 2 N–H and O–H groups in total. The van der Waals surface area contributed by atoms with Crippen molar-refractivity contribution >= 4 is 11.8 Å². The molecule has 6 heteroatoms. The summed E-state index contributed by atoms with van der Waals surface area (Å²) < 4.78 is 5.63. The lowest BCUT2D eigenvalue weighted by atomic mass is 10.0. The van der Waals surface area contributed by atoms with Crippen LogP contribution >= 0.6 is 0 Å². The zero-order valence-corrected chi connectivity index (χ0v) is 18.0. The Morgan fingerprint density at radius 2 is 2.07 bits per heavy atom. The summed E-state index contributed by atoms with van der Waals surface area (Å²) >= 11 is 0. The molecule has 2 atom stereocenters. The monoisotopic (exact) mass is 395 g/mol. The summed E-state index contributed by atoms with van der Waals surface area (Å²) in [7, 11) is 1.80. The fourth-order valence-corrected chi connectivity index (χ4v) is 3.44. The van der Waals surface area contributed by atoms with Gasteiger partial charge in [-0.25, -0.2) is 4.98 Å². The quantitative estimate of drug-likeness (QED) is 0.581. The molecule has 3 rings (SSSR count). The number of hydrogen-bond donors (Lipinski definition) is 2. The Morgan fingerprint density at radius 3 is 2.79 bits per heavy atom. The fourth-order valence-electron chi connectivity index (χ4n) is 3.44. The molecule has 0 saturated carbocycles. The Morgan fingerprint density at radius 1 is 1.28 bits per heavy atom. The van der Waals surface area contributed by atoms with Crippen LogP contribution in [0.4, 0.5) is 5.82 Å². The largest absolute Gasteiger partial charge is 0.375 e. The highest BCUT2D eigenvalue weighted by molar-refractivity contribution is 5.79. The first-order valence-electron chi connectivity index (χ1n) is 10.4. The zero-order valence-electron chi connectivity index (χ0n) is 18.0. The minimum atomic E-state index is 0.242. The molecule has 2 aromatic rings. The third-order valence-electron chi connectivity index (χ3n) is 5.28. The topological polar surface area (TPSA) is 61.8 Å². The fraction of sp³-hybridized carbons (Fsp3) is 0.478. The number of aromatic nitrogens is 1. The highest BCUT2D eigenvalue weighted by Gasteiger charge is 2.18. The van der Waals surface area contributed by atoms with Crippen LogP contribution in [0.3, 0.4) is 0 Å². The van der Waals surface area contributed by atoms with E-state index in [9.17, 15) is 0 Å². The van der Waals surface area contributed by atoms with Crippen LogP contribution in [0.1, 0.15) is 36.5 Å². The number of aliphatic imine (C=N–C) groups is 1. The Balaban J connectivity index is 1.51. The van der Waals surface area contributed by atoms with E-state index in [2.05, 4.69) is 76.6 Å². The van der Waals surface area contributed by atoms with Crippen molar-refractivity contribution in [3.05, 3.63) is 59.3 Å². The van der Waals surface area contributed by atoms with Gasteiger partial charge in [0.25, 0.3) is 0 Å². The molecule has 1 fully saturated rings. The molecule has 29 heavy (non-hydrogen) atoms. The smallest absolute Gasteiger partial charge is 0.191 e. The Bertz CT molecular complexity index is 805. The number of pyridine rings is 1. The second-order valence-electron chi connectivity index (χ2n) is 7.77. The van der Waals surface area contributed by atoms with Gasteiger partial charge in [0.1, 0.15) is 5.82 Å². The Kier molecular flexibility index (Phi) is 7.47. The molecular formula is C23H33N5O. The summed E-state index contributed by atoms with van der Waals surface area (Å²) in [5.41, 5.74) is 3.80. The predicted molar refractivity (Wildman–Crippen MR) is 120 cm³/mol. The zero-order chi connectivity index (χ0) is 20.6. The van der Waals surface area contributed by atoms with Gasteiger partial charge >= 0.3 is 0 Å². The number of nitrogens with one attached hydrogen (secondary N) is 2. The van der Waals surface area contributed by atoms with Crippen LogP contribution in [0.15, 0.2) is 47.6 Å².